The van der Waals surface area contributed by atoms with E-state index in [9.17, 15) is 9.90 Å². The second-order valence-corrected chi connectivity index (χ2v) is 14.0. The van der Waals surface area contributed by atoms with Crippen molar-refractivity contribution in [1.29, 1.82) is 0 Å². The maximum absolute atomic E-state index is 11.8. The van der Waals surface area contributed by atoms with Gasteiger partial charge in [0.15, 0.2) is 5.78 Å². The van der Waals surface area contributed by atoms with E-state index in [1.54, 1.807) is 36.4 Å². The molecule has 7 aromatic carbocycles. The van der Waals surface area contributed by atoms with Crippen LogP contribution in [0.1, 0.15) is 40.9 Å². The van der Waals surface area contributed by atoms with E-state index in [0.29, 0.717) is 11.1 Å². The van der Waals surface area contributed by atoms with Crippen LogP contribution in [0.5, 0.6) is 0 Å². The molecule has 0 bridgehead atoms. The number of ketones is 1. The van der Waals surface area contributed by atoms with Crippen molar-refractivity contribution in [3.63, 3.8) is 0 Å². The standard InChI is InChI=1S/C36H26N.C15H12O2.Ir/c1-36(2)32-16-10-9-15-28(32)29-19-17-27(22-33(29)36)35-23-30(25-13-7-4-8-14-25)31-21-26(18-20-34(31)37-35)24-11-5-3-6-12-24;16-14(12-7-3-1-4-8-12)11-15(17)13-9-5-2-6-10-13;/h3-16,18-23H,1-2H3;1-11,16H;/q-1;;/b;14-11-;. The Kier molecular flexibility index (Phi) is 10.8. The quantitative estimate of drug-likeness (QED) is 0.0783. The van der Waals surface area contributed by atoms with Gasteiger partial charge in [-0.15, -0.1) is 29.3 Å². The van der Waals surface area contributed by atoms with Gasteiger partial charge in [-0.05, 0) is 51.1 Å². The number of pyridine rings is 1. The number of nitrogens with zero attached hydrogens (tertiary/aromatic N) is 1. The number of benzene rings is 7. The van der Waals surface area contributed by atoms with E-state index >= 15 is 0 Å². The van der Waals surface area contributed by atoms with Gasteiger partial charge in [-0.3, -0.25) is 9.78 Å². The van der Waals surface area contributed by atoms with E-state index in [2.05, 4.69) is 141 Å². The molecule has 0 fully saturated rings. The Balaban J connectivity index is 0.000000218. The average molecular weight is 889 g/mol. The second-order valence-electron chi connectivity index (χ2n) is 14.0. The zero-order valence-electron chi connectivity index (χ0n) is 30.5. The molecule has 0 spiro atoms. The first-order valence-corrected chi connectivity index (χ1v) is 18.1. The summed E-state index contributed by atoms with van der Waals surface area (Å²) in [5.41, 5.74) is 14.2. The number of hydrogen-bond donors (Lipinski definition) is 1. The van der Waals surface area contributed by atoms with Crippen molar-refractivity contribution in [2.75, 3.05) is 0 Å². The Bertz CT molecular complexity index is 2630. The molecule has 0 saturated heterocycles. The monoisotopic (exact) mass is 889 g/mol. The number of aliphatic hydroxyl groups excluding tert-OH is 1. The molecule has 1 N–H and O–H groups in total. The van der Waals surface area contributed by atoms with Gasteiger partial charge in [0.2, 0.25) is 0 Å². The number of aliphatic hydroxyl groups is 1. The van der Waals surface area contributed by atoms with E-state index in [4.69, 9.17) is 4.98 Å². The molecule has 1 heterocycles. The van der Waals surface area contributed by atoms with Crippen LogP contribution in [0, 0.1) is 6.07 Å². The van der Waals surface area contributed by atoms with Gasteiger partial charge in [-0.25, -0.2) is 0 Å². The van der Waals surface area contributed by atoms with Crippen molar-refractivity contribution in [3.8, 4) is 44.6 Å². The molecule has 8 aromatic rings. The van der Waals surface area contributed by atoms with Gasteiger partial charge < -0.3 is 5.11 Å². The Morgan fingerprint density at radius 1 is 0.582 bits per heavy atom. The summed E-state index contributed by atoms with van der Waals surface area (Å²) in [5, 5.41) is 11.0. The third kappa shape index (κ3) is 7.61. The normalized spacial score (nSPS) is 12.4. The Hall–Kier alpha value is -6.19. The molecular weight excluding hydrogens is 851 g/mol. The summed E-state index contributed by atoms with van der Waals surface area (Å²) in [6.45, 7) is 4.63. The second kappa shape index (κ2) is 16.0. The van der Waals surface area contributed by atoms with Crippen LogP contribution in [-0.4, -0.2) is 15.9 Å². The van der Waals surface area contributed by atoms with E-state index in [-0.39, 0.29) is 37.1 Å². The fourth-order valence-corrected chi connectivity index (χ4v) is 7.32. The summed E-state index contributed by atoms with van der Waals surface area (Å²) >= 11 is 0. The fraction of sp³-hybridized carbons (Fsp3) is 0.0588. The van der Waals surface area contributed by atoms with Crippen molar-refractivity contribution in [1.82, 2.24) is 4.98 Å². The average Bonchev–Trinajstić information content (AvgIpc) is 3.47. The van der Waals surface area contributed by atoms with Crippen molar-refractivity contribution in [3.05, 3.63) is 216 Å². The molecule has 1 aromatic heterocycles. The van der Waals surface area contributed by atoms with Crippen LogP contribution in [-0.2, 0) is 25.5 Å². The third-order valence-corrected chi connectivity index (χ3v) is 10.2. The maximum atomic E-state index is 11.8. The van der Waals surface area contributed by atoms with Gasteiger partial charge in [0, 0.05) is 42.7 Å². The number of allylic oxidation sites excluding steroid dienone is 1. The number of aromatic nitrogens is 1. The predicted molar refractivity (Wildman–Crippen MR) is 222 cm³/mol. The van der Waals surface area contributed by atoms with E-state index in [0.717, 1.165) is 22.2 Å². The number of fused-ring (bicyclic) bond motifs is 4. The molecule has 0 amide bonds. The molecule has 0 unspecified atom stereocenters. The minimum absolute atomic E-state index is 0. The van der Waals surface area contributed by atoms with Crippen molar-refractivity contribution in [2.45, 2.75) is 19.3 Å². The smallest absolute Gasteiger partial charge is 0.189 e. The molecule has 1 aliphatic carbocycles. The zero-order chi connectivity index (χ0) is 37.1. The SMILES string of the molecule is CC1(C)c2ccccc2-c2c[c-]c(-c3cc(-c4ccccc4)c4cc(-c5ccccc5)ccc4n3)cc21.O=C(/C=C(\O)c1ccccc1)c1ccccc1.[Ir]. The molecule has 1 aliphatic rings. The Morgan fingerprint density at radius 3 is 1.84 bits per heavy atom. The van der Waals surface area contributed by atoms with Crippen LogP contribution in [0.4, 0.5) is 0 Å². The largest absolute Gasteiger partial charge is 0.507 e. The van der Waals surface area contributed by atoms with Crippen LogP contribution in [0.3, 0.4) is 0 Å². The summed E-state index contributed by atoms with van der Waals surface area (Å²) in [6.07, 6.45) is 1.24. The number of hydrogen-bond acceptors (Lipinski definition) is 3. The summed E-state index contributed by atoms with van der Waals surface area (Å²) < 4.78 is 0. The van der Waals surface area contributed by atoms with Gasteiger partial charge >= 0.3 is 0 Å². The van der Waals surface area contributed by atoms with E-state index in [1.165, 1.54) is 50.6 Å². The summed E-state index contributed by atoms with van der Waals surface area (Å²) in [5.74, 6) is -0.216. The van der Waals surface area contributed by atoms with Gasteiger partial charge in [0.1, 0.15) is 5.76 Å². The van der Waals surface area contributed by atoms with Crippen LogP contribution in [0.15, 0.2) is 188 Å². The van der Waals surface area contributed by atoms with Crippen LogP contribution in [0.2, 0.25) is 0 Å². The van der Waals surface area contributed by atoms with Crippen LogP contribution >= 0.6 is 0 Å². The van der Waals surface area contributed by atoms with Crippen molar-refractivity contribution >= 4 is 22.4 Å². The number of carbonyl (C=O) groups excluding carboxylic acids is 1. The first-order valence-electron chi connectivity index (χ1n) is 18.1. The van der Waals surface area contributed by atoms with E-state index in [1.807, 2.05) is 24.3 Å². The molecule has 55 heavy (non-hydrogen) atoms. The fourth-order valence-electron chi connectivity index (χ4n) is 7.32. The maximum Gasteiger partial charge on any atom is 0.189 e. The summed E-state index contributed by atoms with van der Waals surface area (Å²) in [7, 11) is 0. The Labute approximate surface area is 336 Å². The predicted octanol–water partition coefficient (Wildman–Crippen LogP) is 12.8. The molecule has 1 radical (unpaired) electrons. The molecule has 0 atom stereocenters. The van der Waals surface area contributed by atoms with Crippen LogP contribution < -0.4 is 0 Å². The Morgan fingerprint density at radius 2 is 1.16 bits per heavy atom. The first-order chi connectivity index (χ1) is 26.4. The molecule has 269 valence electrons. The van der Waals surface area contributed by atoms with Crippen molar-refractivity contribution in [2.24, 2.45) is 0 Å². The molecule has 0 aliphatic heterocycles. The molecule has 4 heteroatoms. The van der Waals surface area contributed by atoms with Gasteiger partial charge in [0.05, 0.1) is 5.52 Å². The summed E-state index contributed by atoms with van der Waals surface area (Å²) in [4.78, 5) is 16.9. The third-order valence-electron chi connectivity index (χ3n) is 10.2. The molecule has 9 rings (SSSR count). The minimum atomic E-state index is -0.202. The summed E-state index contributed by atoms with van der Waals surface area (Å²) in [6, 6.07) is 64.6. The van der Waals surface area contributed by atoms with Crippen molar-refractivity contribution < 1.29 is 30.0 Å². The molecular formula is C51H38IrNO2-. The van der Waals surface area contributed by atoms with Crippen LogP contribution in [0.25, 0.3) is 61.3 Å². The number of carbonyl (C=O) groups is 1. The van der Waals surface area contributed by atoms with Gasteiger partial charge in [-0.1, -0.05) is 183 Å². The molecule has 0 saturated carbocycles. The van der Waals surface area contributed by atoms with E-state index < -0.39 is 0 Å². The minimum Gasteiger partial charge on any atom is -0.507 e. The topological polar surface area (TPSA) is 50.2 Å². The van der Waals surface area contributed by atoms with Gasteiger partial charge in [0.25, 0.3) is 0 Å². The first kappa shape index (κ1) is 37.1. The number of rotatable bonds is 6. The molecule has 3 nitrogen and oxygen atoms in total. The zero-order valence-corrected chi connectivity index (χ0v) is 32.9. The van der Waals surface area contributed by atoms with Gasteiger partial charge in [-0.2, -0.15) is 0 Å².